The van der Waals surface area contributed by atoms with Crippen LogP contribution in [0.5, 0.6) is 5.88 Å². The molecule has 3 N–H and O–H groups in total. The summed E-state index contributed by atoms with van der Waals surface area (Å²) in [5, 5.41) is 4.41. The van der Waals surface area contributed by atoms with Gasteiger partial charge in [0, 0.05) is 42.9 Å². The zero-order valence-corrected chi connectivity index (χ0v) is 23.0. The van der Waals surface area contributed by atoms with E-state index in [2.05, 4.69) is 15.3 Å². The average molecular weight is 540 g/mol. The highest BCUT2D eigenvalue weighted by Gasteiger charge is 2.38. The molecule has 4 heterocycles. The lowest BCUT2D eigenvalue weighted by Crippen LogP contribution is -2.42. The molecule has 0 unspecified atom stereocenters. The van der Waals surface area contributed by atoms with Gasteiger partial charge in [-0.05, 0) is 49.4 Å². The van der Waals surface area contributed by atoms with Crippen molar-refractivity contribution in [2.24, 2.45) is 5.73 Å². The van der Waals surface area contributed by atoms with Crippen molar-refractivity contribution in [3.8, 4) is 5.88 Å². The maximum absolute atomic E-state index is 12.3. The predicted octanol–water partition coefficient (Wildman–Crippen LogP) is 3.97. The molecule has 3 aromatic rings. The van der Waals surface area contributed by atoms with E-state index < -0.39 is 15.4 Å². The number of carbonyl (C=O) groups excluding carboxylic acids is 1. The zero-order chi connectivity index (χ0) is 27.4. The number of nitrogens with one attached hydrogen (secondary N) is 1. The van der Waals surface area contributed by atoms with Crippen LogP contribution in [0.1, 0.15) is 74.5 Å². The Morgan fingerprint density at radius 3 is 2.58 bits per heavy atom. The summed E-state index contributed by atoms with van der Waals surface area (Å²) in [5.74, 6) is 1.11. The number of rotatable bonds is 7. The molecule has 0 spiro atoms. The number of anilines is 2. The van der Waals surface area contributed by atoms with Crippen molar-refractivity contribution >= 4 is 38.2 Å². The summed E-state index contributed by atoms with van der Waals surface area (Å²) in [6.07, 6.45) is 5.75. The molecule has 38 heavy (non-hydrogen) atoms. The van der Waals surface area contributed by atoms with Gasteiger partial charge in [-0.1, -0.05) is 13.8 Å². The molecule has 3 aromatic heterocycles. The number of esters is 1. The van der Waals surface area contributed by atoms with Gasteiger partial charge < -0.3 is 20.5 Å². The highest BCUT2D eigenvalue weighted by molar-refractivity contribution is 7.91. The number of nitrogens with zero attached hydrogens (tertiary/aromatic N) is 3. The van der Waals surface area contributed by atoms with Gasteiger partial charge in [0.1, 0.15) is 23.8 Å². The minimum absolute atomic E-state index is 0.0392. The van der Waals surface area contributed by atoms with Gasteiger partial charge in [0.15, 0.2) is 9.84 Å². The molecule has 1 saturated carbocycles. The van der Waals surface area contributed by atoms with Crippen molar-refractivity contribution in [3.63, 3.8) is 0 Å². The Kier molecular flexibility index (Phi) is 6.55. The molecule has 1 aliphatic carbocycles. The summed E-state index contributed by atoms with van der Waals surface area (Å²) in [4.78, 5) is 26.1. The smallest absolute Gasteiger partial charge is 0.340 e. The van der Waals surface area contributed by atoms with E-state index in [9.17, 15) is 13.2 Å². The second-order valence-corrected chi connectivity index (χ2v) is 13.0. The van der Waals surface area contributed by atoms with E-state index in [1.54, 1.807) is 24.5 Å². The van der Waals surface area contributed by atoms with Gasteiger partial charge >= 0.3 is 5.97 Å². The quantitative estimate of drug-likeness (QED) is 0.423. The largest absolute Gasteiger partial charge is 0.474 e. The standard InChI is InChI=1S/C27H33N5O5S/c1-6-27(4,28)21-13-30-25(37-16-9-17(10-16)38(5,34)35)20-12-29-23(11-19(20)21)31-22-8-7-18-24(32-22)14(2)15(3)36-26(18)33/h7-8,11-17H,6,9-10,28H2,1-5H3,(H,29,31,32)/t14-,15+,16?,17?,27-/m1/s1. The summed E-state index contributed by atoms with van der Waals surface area (Å²) in [6, 6.07) is 5.33. The van der Waals surface area contributed by atoms with E-state index in [1.165, 1.54) is 6.26 Å². The number of nitrogens with two attached hydrogens (primary N) is 1. The number of ether oxygens (including phenoxy) is 2. The summed E-state index contributed by atoms with van der Waals surface area (Å²) >= 11 is 0. The van der Waals surface area contributed by atoms with Crippen LogP contribution in [0.15, 0.2) is 30.6 Å². The summed E-state index contributed by atoms with van der Waals surface area (Å²) in [7, 11) is -3.08. The Morgan fingerprint density at radius 2 is 1.89 bits per heavy atom. The monoisotopic (exact) mass is 539 g/mol. The summed E-state index contributed by atoms with van der Waals surface area (Å²) in [6.45, 7) is 7.80. The van der Waals surface area contributed by atoms with Crippen molar-refractivity contribution < 1.29 is 22.7 Å². The summed E-state index contributed by atoms with van der Waals surface area (Å²) in [5.41, 5.74) is 8.00. The maximum Gasteiger partial charge on any atom is 0.340 e. The zero-order valence-electron chi connectivity index (χ0n) is 22.2. The van der Waals surface area contributed by atoms with E-state index in [0.717, 1.165) is 10.9 Å². The molecule has 2 aliphatic rings. The van der Waals surface area contributed by atoms with Gasteiger partial charge in [0.2, 0.25) is 5.88 Å². The van der Waals surface area contributed by atoms with Crippen LogP contribution < -0.4 is 15.8 Å². The van der Waals surface area contributed by atoms with Crippen molar-refractivity contribution in [1.29, 1.82) is 0 Å². The number of hydrogen-bond donors (Lipinski definition) is 2. The number of sulfone groups is 1. The Hall–Kier alpha value is -3.31. The molecular weight excluding hydrogens is 506 g/mol. The maximum atomic E-state index is 12.3. The molecule has 11 heteroatoms. The Labute approximate surface area is 222 Å². The molecule has 10 nitrogen and oxygen atoms in total. The van der Waals surface area contributed by atoms with Gasteiger partial charge in [0.05, 0.1) is 21.9 Å². The lowest BCUT2D eigenvalue weighted by molar-refractivity contribution is 0.0235. The normalized spacial score (nSPS) is 24.6. The van der Waals surface area contributed by atoms with E-state index in [-0.39, 0.29) is 29.3 Å². The third kappa shape index (κ3) is 4.80. The SMILES string of the molecule is CC[C@@](C)(N)c1cnc(OC2CC(S(C)(=O)=O)C2)c2cnc(Nc3ccc4c(n3)[C@H](C)[C@H](C)OC4=O)cc12. The number of pyridine rings is 3. The first-order valence-corrected chi connectivity index (χ1v) is 14.8. The van der Waals surface area contributed by atoms with Gasteiger partial charge in [-0.15, -0.1) is 0 Å². The number of carbonyl (C=O) groups is 1. The first-order chi connectivity index (χ1) is 17.9. The molecule has 3 atom stereocenters. The van der Waals surface area contributed by atoms with Crippen LogP contribution in [-0.2, 0) is 20.1 Å². The Balaban J connectivity index is 1.48. The number of cyclic esters (lactones) is 1. The third-order valence-corrected chi connectivity index (χ3v) is 9.45. The molecule has 0 amide bonds. The first kappa shape index (κ1) is 26.3. The van der Waals surface area contributed by atoms with E-state index in [0.29, 0.717) is 53.4 Å². The lowest BCUT2D eigenvalue weighted by Gasteiger charge is -2.34. The average Bonchev–Trinajstić information content (AvgIpc) is 2.83. The van der Waals surface area contributed by atoms with Gasteiger partial charge in [-0.3, -0.25) is 0 Å². The van der Waals surface area contributed by atoms with Crippen molar-refractivity contribution in [1.82, 2.24) is 15.0 Å². The highest BCUT2D eigenvalue weighted by atomic mass is 32.2. The Morgan fingerprint density at radius 1 is 1.16 bits per heavy atom. The number of fused-ring (bicyclic) bond motifs is 2. The fraction of sp³-hybridized carbons (Fsp3) is 0.481. The first-order valence-electron chi connectivity index (χ1n) is 12.8. The number of hydrogen-bond acceptors (Lipinski definition) is 10. The lowest BCUT2D eigenvalue weighted by atomic mass is 9.88. The molecule has 1 fully saturated rings. The highest BCUT2D eigenvalue weighted by Crippen LogP contribution is 2.37. The number of aromatic nitrogens is 3. The second kappa shape index (κ2) is 9.46. The minimum atomic E-state index is -3.08. The van der Waals surface area contributed by atoms with Crippen LogP contribution >= 0.6 is 0 Å². The molecule has 0 saturated heterocycles. The van der Waals surface area contributed by atoms with E-state index in [4.69, 9.17) is 20.2 Å². The Bertz CT molecular complexity index is 1520. The second-order valence-electron chi connectivity index (χ2n) is 10.7. The van der Waals surface area contributed by atoms with E-state index >= 15 is 0 Å². The topological polar surface area (TPSA) is 146 Å². The van der Waals surface area contributed by atoms with Crippen LogP contribution in [0.3, 0.4) is 0 Å². The third-order valence-electron chi connectivity index (χ3n) is 7.85. The molecular formula is C27H33N5O5S. The van der Waals surface area contributed by atoms with Crippen LogP contribution in [0.2, 0.25) is 0 Å². The molecule has 0 radical (unpaired) electrons. The van der Waals surface area contributed by atoms with Crippen LogP contribution in [0, 0.1) is 0 Å². The van der Waals surface area contributed by atoms with Gasteiger partial charge in [-0.25, -0.2) is 28.2 Å². The molecule has 0 bridgehead atoms. The molecule has 5 rings (SSSR count). The summed E-state index contributed by atoms with van der Waals surface area (Å²) < 4.78 is 35.1. The molecule has 0 aromatic carbocycles. The molecule has 1 aliphatic heterocycles. The van der Waals surface area contributed by atoms with Gasteiger partial charge in [0.25, 0.3) is 0 Å². The van der Waals surface area contributed by atoms with Crippen molar-refractivity contribution in [2.75, 3.05) is 11.6 Å². The van der Waals surface area contributed by atoms with E-state index in [1.807, 2.05) is 33.8 Å². The minimum Gasteiger partial charge on any atom is -0.474 e. The fourth-order valence-corrected chi connectivity index (χ4v) is 5.92. The fourth-order valence-electron chi connectivity index (χ4n) is 4.79. The van der Waals surface area contributed by atoms with Crippen molar-refractivity contribution in [2.45, 2.75) is 75.9 Å². The van der Waals surface area contributed by atoms with Crippen LogP contribution in [0.4, 0.5) is 11.6 Å². The van der Waals surface area contributed by atoms with Gasteiger partial charge in [-0.2, -0.15) is 0 Å². The predicted molar refractivity (Wildman–Crippen MR) is 144 cm³/mol. The van der Waals surface area contributed by atoms with Crippen molar-refractivity contribution in [3.05, 3.63) is 47.4 Å². The van der Waals surface area contributed by atoms with Crippen LogP contribution in [-0.4, -0.2) is 53.1 Å². The van der Waals surface area contributed by atoms with Crippen LogP contribution in [0.25, 0.3) is 10.8 Å². The molecule has 202 valence electrons.